The minimum absolute atomic E-state index is 0. The van der Waals surface area contributed by atoms with Crippen LogP contribution in [-0.4, -0.2) is 37.2 Å². The molecule has 1 saturated carbocycles. The molecule has 0 radical (unpaired) electrons. The van der Waals surface area contributed by atoms with Crippen molar-refractivity contribution in [1.29, 1.82) is 0 Å². The maximum absolute atomic E-state index is 5.96. The molecule has 24 heavy (non-hydrogen) atoms. The van der Waals surface area contributed by atoms with Crippen LogP contribution in [0.4, 0.5) is 0 Å². The molecule has 138 valence electrons. The second-order valence-corrected chi connectivity index (χ2v) is 7.36. The topological polar surface area (TPSA) is 58.5 Å². The maximum atomic E-state index is 5.96. The highest BCUT2D eigenvalue weighted by Gasteiger charge is 2.25. The van der Waals surface area contributed by atoms with Gasteiger partial charge in [-0.15, -0.1) is 35.3 Å². The van der Waals surface area contributed by atoms with Crippen LogP contribution in [0.15, 0.2) is 11.2 Å². The fraction of sp³-hybridized carbons (Fsp3) is 0.765. The second-order valence-electron chi connectivity index (χ2n) is 6.04. The van der Waals surface area contributed by atoms with Gasteiger partial charge < -0.3 is 15.4 Å². The zero-order valence-corrected chi connectivity index (χ0v) is 18.2. The van der Waals surface area contributed by atoms with Crippen molar-refractivity contribution in [3.63, 3.8) is 0 Å². The van der Waals surface area contributed by atoms with E-state index in [1.807, 2.05) is 6.20 Å². The van der Waals surface area contributed by atoms with Gasteiger partial charge in [-0.2, -0.15) is 0 Å². The third-order valence-corrected chi connectivity index (χ3v) is 5.24. The molecule has 1 atom stereocenters. The average molecular weight is 466 g/mol. The zero-order chi connectivity index (χ0) is 16.5. The van der Waals surface area contributed by atoms with Crippen molar-refractivity contribution in [3.8, 4) is 0 Å². The first kappa shape index (κ1) is 21.6. The molecule has 0 spiro atoms. The van der Waals surface area contributed by atoms with Gasteiger partial charge in [0.25, 0.3) is 0 Å². The molecule has 2 N–H and O–H groups in total. The molecule has 2 rings (SSSR count). The van der Waals surface area contributed by atoms with Gasteiger partial charge in [0.2, 0.25) is 0 Å². The Balaban J connectivity index is 0.00000288. The molecule has 1 fully saturated rings. The van der Waals surface area contributed by atoms with Crippen LogP contribution in [0.2, 0.25) is 0 Å². The van der Waals surface area contributed by atoms with Crippen molar-refractivity contribution in [2.24, 2.45) is 10.9 Å². The maximum Gasteiger partial charge on any atom is 0.191 e. The van der Waals surface area contributed by atoms with E-state index < -0.39 is 0 Å². The molecule has 0 aliphatic heterocycles. The van der Waals surface area contributed by atoms with Crippen molar-refractivity contribution >= 4 is 41.3 Å². The number of ether oxygens (including phenoxy) is 1. The van der Waals surface area contributed by atoms with E-state index in [0.717, 1.165) is 43.0 Å². The molecule has 7 heteroatoms. The summed E-state index contributed by atoms with van der Waals surface area (Å²) in [4.78, 5) is 9.88. The van der Waals surface area contributed by atoms with Crippen molar-refractivity contribution in [1.82, 2.24) is 15.6 Å². The molecular weight excluding hydrogens is 435 g/mol. The van der Waals surface area contributed by atoms with Crippen molar-refractivity contribution < 1.29 is 4.74 Å². The van der Waals surface area contributed by atoms with Crippen molar-refractivity contribution in [3.05, 3.63) is 16.1 Å². The molecule has 1 aromatic rings. The van der Waals surface area contributed by atoms with Crippen LogP contribution in [-0.2, 0) is 11.3 Å². The van der Waals surface area contributed by atoms with E-state index in [2.05, 4.69) is 34.5 Å². The lowest BCUT2D eigenvalue weighted by molar-refractivity contribution is 0.0169. The Morgan fingerprint density at radius 1 is 1.42 bits per heavy atom. The summed E-state index contributed by atoms with van der Waals surface area (Å²) in [6, 6.07) is 0. The number of aromatic nitrogens is 1. The van der Waals surface area contributed by atoms with Crippen molar-refractivity contribution in [2.45, 2.75) is 58.6 Å². The Labute approximate surface area is 167 Å². The Bertz CT molecular complexity index is 489. The van der Waals surface area contributed by atoms with Gasteiger partial charge in [-0.25, -0.2) is 4.98 Å². The van der Waals surface area contributed by atoms with Gasteiger partial charge in [-0.3, -0.25) is 4.99 Å². The monoisotopic (exact) mass is 466 g/mol. The van der Waals surface area contributed by atoms with Gasteiger partial charge in [-0.05, 0) is 39.0 Å². The summed E-state index contributed by atoms with van der Waals surface area (Å²) in [5, 5.41) is 7.80. The van der Waals surface area contributed by atoms with Crippen LogP contribution in [0.25, 0.3) is 0 Å². The molecule has 5 nitrogen and oxygen atoms in total. The summed E-state index contributed by atoms with van der Waals surface area (Å²) in [6.07, 6.45) is 8.69. The number of thiazole rings is 1. The summed E-state index contributed by atoms with van der Waals surface area (Å²) in [6.45, 7) is 6.57. The highest BCUT2D eigenvalue weighted by Crippen LogP contribution is 2.30. The smallest absolute Gasteiger partial charge is 0.191 e. The van der Waals surface area contributed by atoms with Gasteiger partial charge in [-0.1, -0.05) is 12.8 Å². The van der Waals surface area contributed by atoms with E-state index in [9.17, 15) is 0 Å². The Kier molecular flexibility index (Phi) is 10.8. The van der Waals surface area contributed by atoms with E-state index >= 15 is 0 Å². The number of nitrogens with zero attached hydrogens (tertiary/aromatic N) is 2. The SMILES string of the molecule is CCOC(CCNC(=NC)NCc1ncc(C)s1)C1CCCC1.I. The molecule has 0 bridgehead atoms. The van der Waals surface area contributed by atoms with Crippen LogP contribution < -0.4 is 10.6 Å². The molecule has 0 saturated heterocycles. The normalized spacial score (nSPS) is 16.7. The first-order chi connectivity index (χ1) is 11.2. The summed E-state index contributed by atoms with van der Waals surface area (Å²) in [5.74, 6) is 1.57. The lowest BCUT2D eigenvalue weighted by Gasteiger charge is -2.23. The largest absolute Gasteiger partial charge is 0.378 e. The summed E-state index contributed by atoms with van der Waals surface area (Å²) < 4.78 is 5.96. The highest BCUT2D eigenvalue weighted by atomic mass is 127. The number of nitrogens with one attached hydrogen (secondary N) is 2. The van der Waals surface area contributed by atoms with E-state index in [0.29, 0.717) is 6.10 Å². The number of aryl methyl sites for hydroxylation is 1. The molecular formula is C17H31IN4OS. The number of hydrogen-bond acceptors (Lipinski definition) is 4. The van der Waals surface area contributed by atoms with Gasteiger partial charge in [0.15, 0.2) is 5.96 Å². The van der Waals surface area contributed by atoms with Gasteiger partial charge in [0, 0.05) is 31.3 Å². The lowest BCUT2D eigenvalue weighted by Crippen LogP contribution is -2.39. The second kappa shape index (κ2) is 12.0. The van der Waals surface area contributed by atoms with Gasteiger partial charge in [0.05, 0.1) is 12.6 Å². The van der Waals surface area contributed by atoms with E-state index in [1.54, 1.807) is 18.4 Å². The van der Waals surface area contributed by atoms with Gasteiger partial charge in [0.1, 0.15) is 5.01 Å². The van der Waals surface area contributed by atoms with Crippen LogP contribution >= 0.6 is 35.3 Å². The van der Waals surface area contributed by atoms with E-state index in [4.69, 9.17) is 4.74 Å². The summed E-state index contributed by atoms with van der Waals surface area (Å²) in [5.41, 5.74) is 0. The first-order valence-corrected chi connectivity index (χ1v) is 9.52. The Hall–Kier alpha value is -0.410. The number of hydrogen-bond donors (Lipinski definition) is 2. The average Bonchev–Trinajstić information content (AvgIpc) is 3.21. The standard InChI is InChI=1S/C17H30N4OS.HI/c1-4-22-15(14-7-5-6-8-14)9-10-19-17(18-3)21-12-16-20-11-13(2)23-16;/h11,14-15H,4-10,12H2,1-3H3,(H2,18,19,21);1H. The Morgan fingerprint density at radius 3 is 2.75 bits per heavy atom. The minimum atomic E-state index is 0. The summed E-state index contributed by atoms with van der Waals surface area (Å²) >= 11 is 1.72. The molecule has 0 amide bonds. The lowest BCUT2D eigenvalue weighted by atomic mass is 9.98. The number of guanidine groups is 1. The van der Waals surface area contributed by atoms with E-state index in [1.165, 1.54) is 30.6 Å². The third-order valence-electron chi connectivity index (χ3n) is 4.33. The Morgan fingerprint density at radius 2 is 2.17 bits per heavy atom. The fourth-order valence-electron chi connectivity index (χ4n) is 3.19. The molecule has 1 aliphatic rings. The fourth-order valence-corrected chi connectivity index (χ4v) is 3.92. The molecule has 1 heterocycles. The third kappa shape index (κ3) is 7.23. The van der Waals surface area contributed by atoms with Crippen LogP contribution in [0.5, 0.6) is 0 Å². The first-order valence-electron chi connectivity index (χ1n) is 8.70. The highest BCUT2D eigenvalue weighted by molar-refractivity contribution is 14.0. The minimum Gasteiger partial charge on any atom is -0.378 e. The molecule has 0 aromatic carbocycles. The molecule has 1 unspecified atom stereocenters. The van der Waals surface area contributed by atoms with Crippen molar-refractivity contribution in [2.75, 3.05) is 20.2 Å². The molecule has 1 aromatic heterocycles. The zero-order valence-electron chi connectivity index (χ0n) is 15.0. The van der Waals surface area contributed by atoms with Crippen LogP contribution in [0.3, 0.4) is 0 Å². The quantitative estimate of drug-likeness (QED) is 0.349. The predicted octanol–water partition coefficient (Wildman–Crippen LogP) is 3.72. The van der Waals surface area contributed by atoms with Crippen LogP contribution in [0, 0.1) is 12.8 Å². The van der Waals surface area contributed by atoms with E-state index in [-0.39, 0.29) is 24.0 Å². The number of halogens is 1. The predicted molar refractivity (Wildman–Crippen MR) is 112 cm³/mol. The number of rotatable bonds is 8. The summed E-state index contributed by atoms with van der Waals surface area (Å²) in [7, 11) is 1.80. The number of aliphatic imine (C=N–C) groups is 1. The molecule has 1 aliphatic carbocycles. The van der Waals surface area contributed by atoms with Gasteiger partial charge >= 0.3 is 0 Å². The van der Waals surface area contributed by atoms with Crippen LogP contribution in [0.1, 0.15) is 48.9 Å².